The van der Waals surface area contributed by atoms with Crippen LogP contribution in [-0.4, -0.2) is 64.0 Å². The molecule has 1 aliphatic heterocycles. The van der Waals surface area contributed by atoms with E-state index < -0.39 is 0 Å². The summed E-state index contributed by atoms with van der Waals surface area (Å²) in [7, 11) is 0. The van der Waals surface area contributed by atoms with Crippen LogP contribution in [0.1, 0.15) is 13.8 Å². The first-order valence-corrected chi connectivity index (χ1v) is 11.3. The summed E-state index contributed by atoms with van der Waals surface area (Å²) in [4.78, 5) is 21.3. The van der Waals surface area contributed by atoms with Crippen LogP contribution in [0.2, 0.25) is 0 Å². The molecule has 1 saturated heterocycles. The zero-order chi connectivity index (χ0) is 21.9. The third-order valence-corrected chi connectivity index (χ3v) is 6.00. The molecule has 0 unspecified atom stereocenters. The molecule has 164 valence electrons. The van der Waals surface area contributed by atoms with E-state index >= 15 is 0 Å². The van der Waals surface area contributed by atoms with Crippen molar-refractivity contribution in [1.82, 2.24) is 24.7 Å². The van der Waals surface area contributed by atoms with Crippen molar-refractivity contribution in [1.29, 1.82) is 0 Å². The second-order valence-corrected chi connectivity index (χ2v) is 7.81. The smallest absolute Gasteiger partial charge is 0.229 e. The summed E-state index contributed by atoms with van der Waals surface area (Å²) in [6, 6.07) is 16.2. The lowest BCUT2D eigenvalue weighted by molar-refractivity contribution is 0.642. The topological polar surface area (TPSA) is 66.2 Å². The predicted molar refractivity (Wildman–Crippen MR) is 129 cm³/mol. The third-order valence-electron chi connectivity index (χ3n) is 6.00. The quantitative estimate of drug-likeness (QED) is 0.466. The number of hydrogen-bond acceptors (Lipinski definition) is 7. The Bertz CT molecular complexity index is 1160. The van der Waals surface area contributed by atoms with E-state index in [0.29, 0.717) is 0 Å². The first kappa shape index (κ1) is 20.2. The van der Waals surface area contributed by atoms with Crippen LogP contribution < -0.4 is 14.7 Å². The van der Waals surface area contributed by atoms with Crippen LogP contribution in [0, 0.1) is 0 Å². The Balaban J connectivity index is 1.53. The van der Waals surface area contributed by atoms with E-state index in [-0.39, 0.29) is 0 Å². The fourth-order valence-corrected chi connectivity index (χ4v) is 4.22. The maximum atomic E-state index is 5.02. The van der Waals surface area contributed by atoms with Crippen molar-refractivity contribution in [2.45, 2.75) is 13.8 Å². The molecule has 32 heavy (non-hydrogen) atoms. The van der Waals surface area contributed by atoms with Crippen molar-refractivity contribution in [2.75, 3.05) is 54.0 Å². The van der Waals surface area contributed by atoms with Crippen molar-refractivity contribution in [3.8, 4) is 5.69 Å². The Morgan fingerprint density at radius 3 is 2.25 bits per heavy atom. The Hall–Kier alpha value is -3.68. The largest absolute Gasteiger partial charge is 0.353 e. The van der Waals surface area contributed by atoms with Gasteiger partial charge in [-0.05, 0) is 38.1 Å². The zero-order valence-electron chi connectivity index (χ0n) is 18.6. The van der Waals surface area contributed by atoms with Gasteiger partial charge in [-0.2, -0.15) is 15.1 Å². The highest BCUT2D eigenvalue weighted by atomic mass is 15.4. The summed E-state index contributed by atoms with van der Waals surface area (Å²) in [6.45, 7) is 9.52. The van der Waals surface area contributed by atoms with Gasteiger partial charge >= 0.3 is 0 Å². The molecule has 4 aromatic rings. The number of benzene rings is 1. The van der Waals surface area contributed by atoms with Gasteiger partial charge in [0, 0.05) is 45.5 Å². The van der Waals surface area contributed by atoms with Crippen LogP contribution in [0.5, 0.6) is 0 Å². The number of aromatic nitrogens is 5. The van der Waals surface area contributed by atoms with Gasteiger partial charge in [0.2, 0.25) is 5.95 Å². The molecule has 0 aliphatic carbocycles. The second-order valence-electron chi connectivity index (χ2n) is 7.81. The molecule has 1 aliphatic rings. The molecule has 0 amide bonds. The van der Waals surface area contributed by atoms with E-state index in [9.17, 15) is 0 Å². The SMILES string of the molecule is CCN(CC)c1nc(N2CCN(c3ccccn3)CC2)c2cnn(-c3ccccc3)c2n1. The number of para-hydroxylation sites is 1. The maximum Gasteiger partial charge on any atom is 0.229 e. The summed E-state index contributed by atoms with van der Waals surface area (Å²) >= 11 is 0. The first-order chi connectivity index (χ1) is 15.8. The first-order valence-electron chi connectivity index (χ1n) is 11.3. The van der Waals surface area contributed by atoms with Gasteiger partial charge in [-0.3, -0.25) is 0 Å². The van der Waals surface area contributed by atoms with Gasteiger partial charge in [-0.15, -0.1) is 0 Å². The molecule has 0 bridgehead atoms. The molecule has 0 spiro atoms. The molecule has 3 aromatic heterocycles. The van der Waals surface area contributed by atoms with Crippen LogP contribution in [0.15, 0.2) is 60.9 Å². The van der Waals surface area contributed by atoms with Crippen LogP contribution in [0.4, 0.5) is 17.6 Å². The Morgan fingerprint density at radius 2 is 1.56 bits per heavy atom. The van der Waals surface area contributed by atoms with Crippen molar-refractivity contribution in [3.63, 3.8) is 0 Å². The van der Waals surface area contributed by atoms with Gasteiger partial charge in [0.25, 0.3) is 0 Å². The lowest BCUT2D eigenvalue weighted by Gasteiger charge is -2.36. The zero-order valence-corrected chi connectivity index (χ0v) is 18.6. The number of nitrogens with zero attached hydrogens (tertiary/aromatic N) is 8. The second kappa shape index (κ2) is 8.82. The molecular formula is C24H28N8. The van der Waals surface area contributed by atoms with Crippen molar-refractivity contribution >= 4 is 28.6 Å². The standard InChI is InChI=1S/C24H28N8/c1-3-29(4-2)24-27-22(31-16-14-30(15-17-31)21-12-8-9-13-25-21)20-18-26-32(23(20)28-24)19-10-6-5-7-11-19/h5-13,18H,3-4,14-17H2,1-2H3. The number of fused-ring (bicyclic) bond motifs is 1. The van der Waals surface area contributed by atoms with Gasteiger partial charge in [0.15, 0.2) is 5.65 Å². The number of hydrogen-bond donors (Lipinski definition) is 0. The van der Waals surface area contributed by atoms with Crippen LogP contribution in [-0.2, 0) is 0 Å². The molecule has 0 saturated carbocycles. The minimum atomic E-state index is 0.752. The van der Waals surface area contributed by atoms with Crippen LogP contribution in [0.3, 0.4) is 0 Å². The minimum absolute atomic E-state index is 0.752. The molecule has 4 heterocycles. The van der Waals surface area contributed by atoms with E-state index in [2.05, 4.69) is 56.8 Å². The summed E-state index contributed by atoms with van der Waals surface area (Å²) in [5.74, 6) is 2.74. The lowest BCUT2D eigenvalue weighted by Crippen LogP contribution is -2.47. The highest BCUT2D eigenvalue weighted by molar-refractivity contribution is 5.89. The molecule has 0 atom stereocenters. The monoisotopic (exact) mass is 428 g/mol. The molecule has 0 N–H and O–H groups in total. The van der Waals surface area contributed by atoms with Crippen molar-refractivity contribution in [2.24, 2.45) is 0 Å². The Kier molecular flexibility index (Phi) is 5.58. The van der Waals surface area contributed by atoms with Gasteiger partial charge in [0.05, 0.1) is 17.3 Å². The third kappa shape index (κ3) is 3.72. The Morgan fingerprint density at radius 1 is 0.844 bits per heavy atom. The highest BCUT2D eigenvalue weighted by Crippen LogP contribution is 2.29. The minimum Gasteiger partial charge on any atom is -0.353 e. The predicted octanol–water partition coefficient (Wildman–Crippen LogP) is 3.38. The average molecular weight is 429 g/mol. The van der Waals surface area contributed by atoms with E-state index in [4.69, 9.17) is 9.97 Å². The van der Waals surface area contributed by atoms with Crippen LogP contribution in [0.25, 0.3) is 16.7 Å². The average Bonchev–Trinajstić information content (AvgIpc) is 3.30. The van der Waals surface area contributed by atoms with Crippen LogP contribution >= 0.6 is 0 Å². The van der Waals surface area contributed by atoms with Gasteiger partial charge in [0.1, 0.15) is 11.6 Å². The summed E-state index contributed by atoms with van der Waals surface area (Å²) < 4.78 is 1.91. The van der Waals surface area contributed by atoms with E-state index in [1.165, 1.54) is 0 Å². The number of piperazine rings is 1. The molecular weight excluding hydrogens is 400 g/mol. The fraction of sp³-hybridized carbons (Fsp3) is 0.333. The molecule has 8 heteroatoms. The molecule has 8 nitrogen and oxygen atoms in total. The highest BCUT2D eigenvalue weighted by Gasteiger charge is 2.24. The molecule has 5 rings (SSSR count). The van der Waals surface area contributed by atoms with Gasteiger partial charge in [-0.1, -0.05) is 24.3 Å². The number of anilines is 3. The maximum absolute atomic E-state index is 5.02. The number of pyridine rings is 1. The van der Waals surface area contributed by atoms with Gasteiger partial charge < -0.3 is 14.7 Å². The summed E-state index contributed by atoms with van der Waals surface area (Å²) in [5, 5.41) is 5.67. The fourth-order valence-electron chi connectivity index (χ4n) is 4.22. The van der Waals surface area contributed by atoms with Crippen molar-refractivity contribution < 1.29 is 0 Å². The lowest BCUT2D eigenvalue weighted by atomic mass is 10.2. The normalized spacial score (nSPS) is 14.2. The molecule has 1 aromatic carbocycles. The van der Waals surface area contributed by atoms with E-state index in [1.807, 2.05) is 47.4 Å². The number of rotatable bonds is 6. The molecule has 1 fully saturated rings. The van der Waals surface area contributed by atoms with Gasteiger partial charge in [-0.25, -0.2) is 9.67 Å². The summed E-state index contributed by atoms with van der Waals surface area (Å²) in [6.07, 6.45) is 3.75. The molecule has 0 radical (unpaired) electrons. The Labute approximate surface area is 188 Å². The van der Waals surface area contributed by atoms with E-state index in [0.717, 1.165) is 73.6 Å². The van der Waals surface area contributed by atoms with Crippen molar-refractivity contribution in [3.05, 3.63) is 60.9 Å². The van der Waals surface area contributed by atoms with E-state index in [1.54, 1.807) is 0 Å². The summed E-state index contributed by atoms with van der Waals surface area (Å²) in [5.41, 5.74) is 1.84.